The topological polar surface area (TPSA) is 60.9 Å². The van der Waals surface area contributed by atoms with Crippen LogP contribution in [0.3, 0.4) is 0 Å². The molecule has 0 aromatic heterocycles. The van der Waals surface area contributed by atoms with Crippen molar-refractivity contribution in [1.82, 2.24) is 14.7 Å². The minimum absolute atomic E-state index is 0.0498. The number of carbonyl (C=O) groups excluding carboxylic acids is 3. The van der Waals surface area contributed by atoms with Crippen molar-refractivity contribution in [1.29, 1.82) is 0 Å². The number of piperazine rings is 1. The predicted octanol–water partition coefficient (Wildman–Crippen LogP) is 1.05. The maximum atomic E-state index is 13.6. The van der Waals surface area contributed by atoms with Gasteiger partial charge in [-0.3, -0.25) is 14.4 Å². The Morgan fingerprint density at radius 3 is 1.96 bits per heavy atom. The molecule has 1 aromatic rings. The molecule has 0 aliphatic carbocycles. The number of hydrogen-bond acceptors (Lipinski definition) is 3. The number of likely N-dealkylation sites (tertiary alicyclic amines) is 1. The quantitative estimate of drug-likeness (QED) is 0.756. The minimum Gasteiger partial charge on any atom is -0.339 e. The molecule has 2 aliphatic rings. The first kappa shape index (κ1) is 18.4. The van der Waals surface area contributed by atoms with Crippen molar-refractivity contribution >= 4 is 17.7 Å². The maximum Gasteiger partial charge on any atom is 0.312 e. The van der Waals surface area contributed by atoms with Gasteiger partial charge in [0.05, 0.1) is 0 Å². The van der Waals surface area contributed by atoms with Crippen molar-refractivity contribution in [2.45, 2.75) is 25.7 Å². The van der Waals surface area contributed by atoms with Crippen LogP contribution in [-0.2, 0) is 20.8 Å². The van der Waals surface area contributed by atoms with Crippen LogP contribution in [0.2, 0.25) is 0 Å². The van der Waals surface area contributed by atoms with Crippen LogP contribution in [0.4, 0.5) is 4.39 Å². The number of halogens is 1. The molecule has 2 heterocycles. The van der Waals surface area contributed by atoms with E-state index in [0.717, 1.165) is 12.8 Å². The monoisotopic (exact) mass is 361 g/mol. The van der Waals surface area contributed by atoms with Gasteiger partial charge in [0, 0.05) is 45.7 Å². The van der Waals surface area contributed by atoms with Crippen LogP contribution >= 0.6 is 0 Å². The van der Waals surface area contributed by atoms with Crippen molar-refractivity contribution in [2.75, 3.05) is 39.3 Å². The molecule has 6 nitrogen and oxygen atoms in total. The fourth-order valence-corrected chi connectivity index (χ4v) is 3.45. The molecule has 0 spiro atoms. The van der Waals surface area contributed by atoms with E-state index >= 15 is 0 Å². The number of hydrogen-bond donors (Lipinski definition) is 0. The summed E-state index contributed by atoms with van der Waals surface area (Å²) in [7, 11) is 0. The lowest BCUT2D eigenvalue weighted by molar-refractivity contribution is -0.153. The average molecular weight is 361 g/mol. The molecular formula is C19H24FN3O3. The van der Waals surface area contributed by atoms with Crippen LogP contribution in [0, 0.1) is 5.82 Å². The zero-order chi connectivity index (χ0) is 18.5. The highest BCUT2D eigenvalue weighted by Gasteiger charge is 2.31. The first-order valence-electron chi connectivity index (χ1n) is 9.15. The second-order valence-corrected chi connectivity index (χ2v) is 6.76. The van der Waals surface area contributed by atoms with Crippen LogP contribution in [0.15, 0.2) is 24.3 Å². The summed E-state index contributed by atoms with van der Waals surface area (Å²) in [5, 5.41) is 0. The van der Waals surface area contributed by atoms with E-state index in [4.69, 9.17) is 0 Å². The van der Waals surface area contributed by atoms with Gasteiger partial charge in [-0.1, -0.05) is 18.2 Å². The average Bonchev–Trinajstić information content (AvgIpc) is 3.21. The molecule has 3 amide bonds. The lowest BCUT2D eigenvalue weighted by atomic mass is 10.1. The highest BCUT2D eigenvalue weighted by Crippen LogP contribution is 2.13. The first-order valence-corrected chi connectivity index (χ1v) is 9.15. The fraction of sp³-hybridized carbons (Fsp3) is 0.526. The standard InChI is InChI=1S/C19H24FN3O3/c20-16-6-2-1-5-15(16)7-8-17(24)21-11-13-23(14-12-21)19(26)18(25)22-9-3-4-10-22/h1-2,5-6H,3-4,7-14H2. The molecule has 2 aliphatic heterocycles. The van der Waals surface area contributed by atoms with E-state index in [2.05, 4.69) is 0 Å². The lowest BCUT2D eigenvalue weighted by Crippen LogP contribution is -2.54. The van der Waals surface area contributed by atoms with Gasteiger partial charge < -0.3 is 14.7 Å². The molecule has 0 bridgehead atoms. The van der Waals surface area contributed by atoms with E-state index in [-0.39, 0.29) is 18.1 Å². The third-order valence-electron chi connectivity index (χ3n) is 5.06. The molecule has 3 rings (SSSR count). The Bertz CT molecular complexity index is 680. The molecule has 2 fully saturated rings. The molecule has 7 heteroatoms. The summed E-state index contributed by atoms with van der Waals surface area (Å²) in [5.41, 5.74) is 0.533. The summed E-state index contributed by atoms with van der Waals surface area (Å²) in [4.78, 5) is 41.6. The van der Waals surface area contributed by atoms with Gasteiger partial charge >= 0.3 is 11.8 Å². The van der Waals surface area contributed by atoms with E-state index in [1.165, 1.54) is 11.0 Å². The highest BCUT2D eigenvalue weighted by molar-refractivity contribution is 6.35. The van der Waals surface area contributed by atoms with E-state index in [1.807, 2.05) is 0 Å². The van der Waals surface area contributed by atoms with Crippen molar-refractivity contribution in [3.63, 3.8) is 0 Å². The Kier molecular flexibility index (Phi) is 5.85. The number of carbonyl (C=O) groups is 3. The SMILES string of the molecule is O=C(CCc1ccccc1F)N1CCN(C(=O)C(=O)N2CCCC2)CC1. The summed E-state index contributed by atoms with van der Waals surface area (Å²) in [6, 6.07) is 6.45. The third kappa shape index (κ3) is 4.20. The third-order valence-corrected chi connectivity index (χ3v) is 5.06. The summed E-state index contributed by atoms with van der Waals surface area (Å²) < 4.78 is 13.6. The molecule has 26 heavy (non-hydrogen) atoms. The first-order chi connectivity index (χ1) is 12.6. The Balaban J connectivity index is 1.45. The van der Waals surface area contributed by atoms with Crippen molar-refractivity contribution in [3.8, 4) is 0 Å². The second kappa shape index (κ2) is 8.29. The molecule has 0 atom stereocenters. The van der Waals surface area contributed by atoms with Crippen molar-refractivity contribution in [3.05, 3.63) is 35.6 Å². The summed E-state index contributed by atoms with van der Waals surface area (Å²) in [6.45, 7) is 2.86. The molecule has 0 radical (unpaired) electrons. The molecule has 2 saturated heterocycles. The van der Waals surface area contributed by atoms with Gasteiger partial charge in [0.1, 0.15) is 5.82 Å². The molecule has 0 saturated carbocycles. The number of nitrogens with zero attached hydrogens (tertiary/aromatic N) is 3. The van der Waals surface area contributed by atoms with Gasteiger partial charge in [0.15, 0.2) is 0 Å². The number of benzene rings is 1. The number of aryl methyl sites for hydroxylation is 1. The Morgan fingerprint density at radius 2 is 1.35 bits per heavy atom. The normalized spacial score (nSPS) is 17.5. The molecular weight excluding hydrogens is 337 g/mol. The van der Waals surface area contributed by atoms with Crippen LogP contribution < -0.4 is 0 Å². The second-order valence-electron chi connectivity index (χ2n) is 6.76. The van der Waals surface area contributed by atoms with Gasteiger partial charge in [0.2, 0.25) is 5.91 Å². The van der Waals surface area contributed by atoms with Crippen molar-refractivity contribution < 1.29 is 18.8 Å². The highest BCUT2D eigenvalue weighted by atomic mass is 19.1. The maximum absolute atomic E-state index is 13.6. The van der Waals surface area contributed by atoms with E-state index in [0.29, 0.717) is 51.3 Å². The minimum atomic E-state index is -0.467. The molecule has 0 N–H and O–H groups in total. The van der Waals surface area contributed by atoms with Gasteiger partial charge in [0.25, 0.3) is 0 Å². The largest absolute Gasteiger partial charge is 0.339 e. The number of amides is 3. The molecule has 140 valence electrons. The zero-order valence-electron chi connectivity index (χ0n) is 14.8. The van der Waals surface area contributed by atoms with Gasteiger partial charge in [-0.15, -0.1) is 0 Å². The van der Waals surface area contributed by atoms with Crippen LogP contribution in [0.1, 0.15) is 24.8 Å². The van der Waals surface area contributed by atoms with Gasteiger partial charge in [-0.05, 0) is 30.9 Å². The van der Waals surface area contributed by atoms with Gasteiger partial charge in [-0.2, -0.15) is 0 Å². The van der Waals surface area contributed by atoms with Crippen LogP contribution in [0.5, 0.6) is 0 Å². The number of rotatable bonds is 3. The van der Waals surface area contributed by atoms with Crippen molar-refractivity contribution in [2.24, 2.45) is 0 Å². The van der Waals surface area contributed by atoms with E-state index < -0.39 is 11.8 Å². The van der Waals surface area contributed by atoms with E-state index in [9.17, 15) is 18.8 Å². The Labute approximate surface area is 152 Å². The summed E-state index contributed by atoms with van der Waals surface area (Å²) >= 11 is 0. The Hall–Kier alpha value is -2.44. The lowest BCUT2D eigenvalue weighted by Gasteiger charge is -2.35. The fourth-order valence-electron chi connectivity index (χ4n) is 3.45. The van der Waals surface area contributed by atoms with Gasteiger partial charge in [-0.25, -0.2) is 4.39 Å². The predicted molar refractivity (Wildman–Crippen MR) is 93.7 cm³/mol. The van der Waals surface area contributed by atoms with Crippen LogP contribution in [0.25, 0.3) is 0 Å². The Morgan fingerprint density at radius 1 is 0.808 bits per heavy atom. The molecule has 0 unspecified atom stereocenters. The zero-order valence-corrected chi connectivity index (χ0v) is 14.8. The van der Waals surface area contributed by atoms with E-state index in [1.54, 1.807) is 28.0 Å². The summed E-state index contributed by atoms with van der Waals surface area (Å²) in [5.74, 6) is -1.24. The van der Waals surface area contributed by atoms with Crippen LogP contribution in [-0.4, -0.2) is 71.7 Å². The smallest absolute Gasteiger partial charge is 0.312 e. The summed E-state index contributed by atoms with van der Waals surface area (Å²) in [6.07, 6.45) is 2.49. The molecule has 1 aromatic carbocycles.